The number of nitrogens with zero attached hydrogens (tertiary/aromatic N) is 1. The third kappa shape index (κ3) is 4.40. The molecule has 21 heavy (non-hydrogen) atoms. The van der Waals surface area contributed by atoms with Crippen LogP contribution in [0.4, 0.5) is 0 Å². The van der Waals surface area contributed by atoms with Gasteiger partial charge < -0.3 is 14.4 Å². The molecule has 1 saturated heterocycles. The van der Waals surface area contributed by atoms with Crippen molar-refractivity contribution >= 4 is 15.7 Å². The van der Waals surface area contributed by atoms with Crippen LogP contribution in [0.5, 0.6) is 0 Å². The number of hydrogen-bond acceptors (Lipinski definition) is 5. The van der Waals surface area contributed by atoms with Gasteiger partial charge >= 0.3 is 0 Å². The fourth-order valence-electron chi connectivity index (χ4n) is 3.03. The van der Waals surface area contributed by atoms with Crippen LogP contribution in [0, 0.1) is 5.92 Å². The molecule has 2 fully saturated rings. The molecule has 2 aliphatic rings. The second-order valence-electron chi connectivity index (χ2n) is 6.40. The summed E-state index contributed by atoms with van der Waals surface area (Å²) in [6.07, 6.45) is 2.63. The maximum Gasteiger partial charge on any atom is 0.238 e. The summed E-state index contributed by atoms with van der Waals surface area (Å²) >= 11 is 0. The van der Waals surface area contributed by atoms with Crippen molar-refractivity contribution < 1.29 is 22.7 Å². The average molecular weight is 319 g/mol. The Labute approximate surface area is 126 Å². The molecule has 0 radical (unpaired) electrons. The fraction of sp³-hybridized carbons (Fsp3) is 0.929. The number of rotatable bonds is 5. The molecule has 0 aromatic carbocycles. The normalized spacial score (nSPS) is 29.7. The largest absolute Gasteiger partial charge is 0.375 e. The lowest BCUT2D eigenvalue weighted by molar-refractivity contribution is -0.149. The minimum atomic E-state index is -3.30. The van der Waals surface area contributed by atoms with Crippen molar-refractivity contribution in [2.45, 2.75) is 44.9 Å². The third-order valence-electron chi connectivity index (χ3n) is 3.89. The van der Waals surface area contributed by atoms with Gasteiger partial charge in [0.15, 0.2) is 9.84 Å². The molecule has 7 heteroatoms. The van der Waals surface area contributed by atoms with Crippen molar-refractivity contribution in [1.82, 2.24) is 4.90 Å². The highest BCUT2D eigenvalue weighted by Crippen LogP contribution is 2.32. The van der Waals surface area contributed by atoms with Gasteiger partial charge in [-0.1, -0.05) is 13.8 Å². The Kier molecular flexibility index (Phi) is 5.27. The van der Waals surface area contributed by atoms with Crippen LogP contribution in [0.2, 0.25) is 0 Å². The Bertz CT molecular complexity index is 476. The molecule has 1 aliphatic carbocycles. The maximum atomic E-state index is 12.2. The summed E-state index contributed by atoms with van der Waals surface area (Å²) in [7, 11) is -3.30. The Hall–Kier alpha value is -0.660. The van der Waals surface area contributed by atoms with Crippen LogP contribution in [0.15, 0.2) is 0 Å². The van der Waals surface area contributed by atoms with Gasteiger partial charge in [-0.15, -0.1) is 0 Å². The van der Waals surface area contributed by atoms with E-state index in [4.69, 9.17) is 9.47 Å². The number of carbonyl (C=O) groups is 1. The molecule has 1 amide bonds. The highest BCUT2D eigenvalue weighted by Gasteiger charge is 2.45. The van der Waals surface area contributed by atoms with E-state index in [9.17, 15) is 13.2 Å². The van der Waals surface area contributed by atoms with Gasteiger partial charge in [0, 0.05) is 19.4 Å². The zero-order valence-electron chi connectivity index (χ0n) is 12.9. The summed E-state index contributed by atoms with van der Waals surface area (Å²) in [6.45, 7) is 5.77. The minimum Gasteiger partial charge on any atom is -0.375 e. The summed E-state index contributed by atoms with van der Waals surface area (Å²) in [4.78, 5) is 13.9. The van der Waals surface area contributed by atoms with Crippen LogP contribution < -0.4 is 0 Å². The number of amides is 1. The molecule has 3 atom stereocenters. The van der Waals surface area contributed by atoms with Gasteiger partial charge in [-0.3, -0.25) is 4.79 Å². The molecule has 0 spiro atoms. The summed E-state index contributed by atoms with van der Waals surface area (Å²) < 4.78 is 34.3. The van der Waals surface area contributed by atoms with Crippen molar-refractivity contribution in [2.24, 2.45) is 5.92 Å². The Morgan fingerprint density at radius 2 is 2.10 bits per heavy atom. The predicted molar refractivity (Wildman–Crippen MR) is 78.8 cm³/mol. The van der Waals surface area contributed by atoms with E-state index in [-0.39, 0.29) is 24.2 Å². The number of morpholine rings is 1. The highest BCUT2D eigenvalue weighted by molar-refractivity contribution is 7.91. The first-order valence-corrected chi connectivity index (χ1v) is 9.54. The van der Waals surface area contributed by atoms with Gasteiger partial charge in [-0.25, -0.2) is 8.42 Å². The number of hydrogen-bond donors (Lipinski definition) is 0. The molecule has 1 saturated carbocycles. The monoisotopic (exact) mass is 319 g/mol. The van der Waals surface area contributed by atoms with E-state index in [1.807, 2.05) is 0 Å². The fourth-order valence-corrected chi connectivity index (χ4v) is 3.64. The van der Waals surface area contributed by atoms with E-state index >= 15 is 0 Å². The van der Waals surface area contributed by atoms with Crippen molar-refractivity contribution in [3.63, 3.8) is 0 Å². The smallest absolute Gasteiger partial charge is 0.238 e. The molecule has 2 rings (SSSR count). The first-order chi connectivity index (χ1) is 9.78. The van der Waals surface area contributed by atoms with Gasteiger partial charge in [0.05, 0.1) is 18.8 Å². The molecule has 0 N–H and O–H groups in total. The number of sulfone groups is 1. The molecule has 122 valence electrons. The number of carbonyl (C=O) groups excluding carboxylic acids is 1. The summed E-state index contributed by atoms with van der Waals surface area (Å²) in [5.41, 5.74) is 0. The van der Waals surface area contributed by atoms with E-state index < -0.39 is 15.6 Å². The molecule has 0 bridgehead atoms. The molecule has 0 unspecified atom stereocenters. The molecule has 0 aromatic rings. The van der Waals surface area contributed by atoms with Crippen molar-refractivity contribution in [2.75, 3.05) is 31.8 Å². The average Bonchev–Trinajstić information content (AvgIpc) is 2.77. The molecule has 1 aliphatic heterocycles. The molecular formula is C14H25NO5S. The SMILES string of the molecule is CC(C)CO[C@@H]1CC[C@H]2[C@H]1OCCN2C(=O)CS(C)(=O)=O. The van der Waals surface area contributed by atoms with E-state index in [0.29, 0.717) is 25.7 Å². The molecule has 6 nitrogen and oxygen atoms in total. The topological polar surface area (TPSA) is 72.9 Å². The van der Waals surface area contributed by atoms with Gasteiger partial charge in [0.1, 0.15) is 11.9 Å². The Balaban J connectivity index is 1.99. The third-order valence-corrected chi connectivity index (χ3v) is 4.66. The Morgan fingerprint density at radius 1 is 1.38 bits per heavy atom. The van der Waals surface area contributed by atoms with Crippen molar-refractivity contribution in [3.05, 3.63) is 0 Å². The van der Waals surface area contributed by atoms with Crippen LogP contribution in [0.25, 0.3) is 0 Å². The van der Waals surface area contributed by atoms with Crippen LogP contribution in [-0.4, -0.2) is 69.2 Å². The Morgan fingerprint density at radius 3 is 2.71 bits per heavy atom. The second-order valence-corrected chi connectivity index (χ2v) is 8.54. The van der Waals surface area contributed by atoms with Crippen molar-refractivity contribution in [3.8, 4) is 0 Å². The molecule has 0 aromatic heterocycles. The highest BCUT2D eigenvalue weighted by atomic mass is 32.2. The lowest BCUT2D eigenvalue weighted by atomic mass is 10.1. The summed E-state index contributed by atoms with van der Waals surface area (Å²) in [5, 5.41) is 0. The lowest BCUT2D eigenvalue weighted by Gasteiger charge is -2.39. The van der Waals surface area contributed by atoms with E-state index in [1.165, 1.54) is 0 Å². The predicted octanol–water partition coefficient (Wildman–Crippen LogP) is 0.462. The maximum absolute atomic E-state index is 12.2. The zero-order valence-corrected chi connectivity index (χ0v) is 13.8. The zero-order chi connectivity index (χ0) is 15.6. The first kappa shape index (κ1) is 16.7. The van der Waals surface area contributed by atoms with E-state index in [1.54, 1.807) is 4.90 Å². The standard InChI is InChI=1S/C14H25NO5S/c1-10(2)8-20-12-5-4-11-14(12)19-7-6-15(11)13(16)9-21(3,17)18/h10-12,14H,4-9H2,1-3H3/t11-,12+,14+/m0/s1. The lowest BCUT2D eigenvalue weighted by Crippen LogP contribution is -2.55. The number of ether oxygens (including phenoxy) is 2. The number of fused-ring (bicyclic) bond motifs is 1. The van der Waals surface area contributed by atoms with Crippen LogP contribution in [0.3, 0.4) is 0 Å². The minimum absolute atomic E-state index is 0.00577. The molecule has 1 heterocycles. The van der Waals surface area contributed by atoms with E-state index in [0.717, 1.165) is 19.1 Å². The van der Waals surface area contributed by atoms with E-state index in [2.05, 4.69) is 13.8 Å². The first-order valence-electron chi connectivity index (χ1n) is 7.48. The van der Waals surface area contributed by atoms with Gasteiger partial charge in [0.25, 0.3) is 0 Å². The summed E-state index contributed by atoms with van der Waals surface area (Å²) in [5.74, 6) is -0.288. The quantitative estimate of drug-likeness (QED) is 0.736. The van der Waals surface area contributed by atoms with Crippen LogP contribution >= 0.6 is 0 Å². The van der Waals surface area contributed by atoms with Crippen LogP contribution in [-0.2, 0) is 24.1 Å². The summed E-state index contributed by atoms with van der Waals surface area (Å²) in [6, 6.07) is -0.0508. The second kappa shape index (κ2) is 6.62. The van der Waals surface area contributed by atoms with Crippen molar-refractivity contribution in [1.29, 1.82) is 0 Å². The van der Waals surface area contributed by atoms with Gasteiger partial charge in [0.2, 0.25) is 5.91 Å². The van der Waals surface area contributed by atoms with Crippen LogP contribution in [0.1, 0.15) is 26.7 Å². The molecular weight excluding hydrogens is 294 g/mol. The van der Waals surface area contributed by atoms with Gasteiger partial charge in [-0.2, -0.15) is 0 Å². The van der Waals surface area contributed by atoms with Gasteiger partial charge in [-0.05, 0) is 18.8 Å².